The molecule has 0 unspecified atom stereocenters. The number of likely N-dealkylation sites (N-methyl/N-ethyl adjacent to an activating group) is 2. The molecule has 0 saturated heterocycles. The minimum atomic E-state index is 0.149. The maximum atomic E-state index is 11.7. The SMILES string of the molecule is CCN(CC)C(=O)CN(C)CCCN=[N+]=[N-]. The fourth-order valence-corrected chi connectivity index (χ4v) is 1.44. The van der Waals surface area contributed by atoms with Gasteiger partial charge in [0.15, 0.2) is 0 Å². The Morgan fingerprint density at radius 1 is 1.38 bits per heavy atom. The van der Waals surface area contributed by atoms with Crippen LogP contribution < -0.4 is 0 Å². The first kappa shape index (κ1) is 14.7. The summed E-state index contributed by atoms with van der Waals surface area (Å²) < 4.78 is 0. The van der Waals surface area contributed by atoms with E-state index >= 15 is 0 Å². The lowest BCUT2D eigenvalue weighted by Crippen LogP contribution is -2.39. The molecule has 1 amide bonds. The van der Waals surface area contributed by atoms with Gasteiger partial charge < -0.3 is 4.90 Å². The predicted octanol–water partition coefficient (Wildman–Crippen LogP) is 1.49. The largest absolute Gasteiger partial charge is 0.342 e. The van der Waals surface area contributed by atoms with E-state index < -0.39 is 0 Å². The van der Waals surface area contributed by atoms with Crippen molar-refractivity contribution in [2.24, 2.45) is 5.11 Å². The standard InChI is InChI=1S/C10H21N5O/c1-4-15(5-2)10(16)9-14(3)8-6-7-12-13-11/h4-9H2,1-3H3. The fraction of sp³-hybridized carbons (Fsp3) is 0.900. The zero-order valence-corrected chi connectivity index (χ0v) is 10.4. The van der Waals surface area contributed by atoms with Gasteiger partial charge in [-0.15, -0.1) is 0 Å². The van der Waals surface area contributed by atoms with Crippen molar-refractivity contribution in [3.05, 3.63) is 10.4 Å². The second kappa shape index (κ2) is 9.00. The average Bonchev–Trinajstić information content (AvgIpc) is 2.26. The molecule has 16 heavy (non-hydrogen) atoms. The lowest BCUT2D eigenvalue weighted by atomic mass is 10.3. The normalized spacial score (nSPS) is 10.0. The van der Waals surface area contributed by atoms with Crippen LogP contribution in [0.4, 0.5) is 0 Å². The van der Waals surface area contributed by atoms with E-state index in [2.05, 4.69) is 10.0 Å². The summed E-state index contributed by atoms with van der Waals surface area (Å²) in [6, 6.07) is 0. The predicted molar refractivity (Wildman–Crippen MR) is 64.1 cm³/mol. The molecule has 0 atom stereocenters. The van der Waals surface area contributed by atoms with E-state index in [4.69, 9.17) is 5.53 Å². The van der Waals surface area contributed by atoms with E-state index in [0.29, 0.717) is 13.1 Å². The Kier molecular flexibility index (Phi) is 8.29. The fourth-order valence-electron chi connectivity index (χ4n) is 1.44. The number of carbonyl (C=O) groups is 1. The summed E-state index contributed by atoms with van der Waals surface area (Å²) in [7, 11) is 1.90. The Hall–Kier alpha value is -1.26. The van der Waals surface area contributed by atoms with E-state index in [-0.39, 0.29) is 5.91 Å². The quantitative estimate of drug-likeness (QED) is 0.273. The molecule has 0 N–H and O–H groups in total. The van der Waals surface area contributed by atoms with Crippen LogP contribution in [0.1, 0.15) is 20.3 Å². The molecule has 0 aliphatic heterocycles. The summed E-state index contributed by atoms with van der Waals surface area (Å²) in [5.74, 6) is 0.149. The van der Waals surface area contributed by atoms with Gasteiger partial charge in [0.1, 0.15) is 0 Å². The molecule has 0 bridgehead atoms. The van der Waals surface area contributed by atoms with Crippen LogP contribution in [0.2, 0.25) is 0 Å². The highest BCUT2D eigenvalue weighted by Crippen LogP contribution is 1.94. The van der Waals surface area contributed by atoms with Gasteiger partial charge in [0.05, 0.1) is 6.54 Å². The highest BCUT2D eigenvalue weighted by atomic mass is 16.2. The lowest BCUT2D eigenvalue weighted by Gasteiger charge is -2.22. The lowest BCUT2D eigenvalue weighted by molar-refractivity contribution is -0.131. The van der Waals surface area contributed by atoms with Crippen molar-refractivity contribution in [2.75, 3.05) is 39.8 Å². The molecule has 0 fully saturated rings. The molecule has 0 heterocycles. The van der Waals surface area contributed by atoms with Crippen molar-refractivity contribution in [3.8, 4) is 0 Å². The van der Waals surface area contributed by atoms with Gasteiger partial charge in [-0.1, -0.05) is 5.11 Å². The third kappa shape index (κ3) is 6.27. The number of carbonyl (C=O) groups excluding carboxylic acids is 1. The second-order valence-electron chi connectivity index (χ2n) is 3.61. The summed E-state index contributed by atoms with van der Waals surface area (Å²) >= 11 is 0. The molecule has 0 aromatic heterocycles. The van der Waals surface area contributed by atoms with Crippen molar-refractivity contribution in [2.45, 2.75) is 20.3 Å². The topological polar surface area (TPSA) is 72.3 Å². The maximum absolute atomic E-state index is 11.7. The smallest absolute Gasteiger partial charge is 0.236 e. The number of rotatable bonds is 8. The van der Waals surface area contributed by atoms with Crippen LogP contribution in [0.25, 0.3) is 10.4 Å². The summed E-state index contributed by atoms with van der Waals surface area (Å²) in [5.41, 5.74) is 8.10. The van der Waals surface area contributed by atoms with Crippen LogP contribution in [0.15, 0.2) is 5.11 Å². The number of hydrogen-bond acceptors (Lipinski definition) is 3. The third-order valence-corrected chi connectivity index (χ3v) is 2.38. The van der Waals surface area contributed by atoms with Crippen molar-refractivity contribution in [1.82, 2.24) is 9.80 Å². The summed E-state index contributed by atoms with van der Waals surface area (Å²) in [5, 5.41) is 3.45. The molecule has 92 valence electrons. The number of hydrogen-bond donors (Lipinski definition) is 0. The monoisotopic (exact) mass is 227 g/mol. The molecule has 0 saturated carbocycles. The van der Waals surface area contributed by atoms with Gasteiger partial charge in [0, 0.05) is 24.5 Å². The third-order valence-electron chi connectivity index (χ3n) is 2.38. The molecule has 0 aliphatic rings. The molecule has 0 aromatic carbocycles. The highest BCUT2D eigenvalue weighted by Gasteiger charge is 2.11. The molecule has 0 rings (SSSR count). The molecule has 0 aliphatic carbocycles. The van der Waals surface area contributed by atoms with Crippen molar-refractivity contribution < 1.29 is 4.79 Å². The second-order valence-corrected chi connectivity index (χ2v) is 3.61. The minimum absolute atomic E-state index is 0.149. The Morgan fingerprint density at radius 2 is 2.00 bits per heavy atom. The Balaban J connectivity index is 3.80. The van der Waals surface area contributed by atoms with Gasteiger partial charge in [0.2, 0.25) is 5.91 Å². The maximum Gasteiger partial charge on any atom is 0.236 e. The molecular formula is C10H21N5O. The zero-order valence-electron chi connectivity index (χ0n) is 10.4. The molecule has 6 heteroatoms. The summed E-state index contributed by atoms with van der Waals surface area (Å²) in [4.78, 5) is 18.1. The van der Waals surface area contributed by atoms with Gasteiger partial charge in [0.25, 0.3) is 0 Å². The Bertz CT molecular complexity index is 246. The van der Waals surface area contributed by atoms with Crippen LogP contribution in [0, 0.1) is 0 Å². The number of azide groups is 1. The van der Waals surface area contributed by atoms with Gasteiger partial charge in [-0.05, 0) is 39.4 Å². The van der Waals surface area contributed by atoms with Crippen LogP contribution in [-0.2, 0) is 4.79 Å². The molecule has 0 spiro atoms. The molecular weight excluding hydrogens is 206 g/mol. The first-order chi connectivity index (χ1) is 7.65. The van der Waals surface area contributed by atoms with Crippen LogP contribution in [0.5, 0.6) is 0 Å². The first-order valence-electron chi connectivity index (χ1n) is 5.62. The van der Waals surface area contributed by atoms with E-state index in [9.17, 15) is 4.79 Å². The molecule has 6 nitrogen and oxygen atoms in total. The summed E-state index contributed by atoms with van der Waals surface area (Å²) in [6.45, 7) is 7.14. The number of amides is 1. The van der Waals surface area contributed by atoms with Crippen LogP contribution in [-0.4, -0.2) is 55.5 Å². The van der Waals surface area contributed by atoms with Gasteiger partial charge in [-0.2, -0.15) is 0 Å². The van der Waals surface area contributed by atoms with Crippen molar-refractivity contribution in [1.29, 1.82) is 0 Å². The van der Waals surface area contributed by atoms with E-state index in [1.165, 1.54) is 0 Å². The average molecular weight is 227 g/mol. The van der Waals surface area contributed by atoms with E-state index in [1.807, 2.05) is 30.7 Å². The van der Waals surface area contributed by atoms with Gasteiger partial charge >= 0.3 is 0 Å². The first-order valence-corrected chi connectivity index (χ1v) is 5.62. The van der Waals surface area contributed by atoms with Crippen LogP contribution >= 0.6 is 0 Å². The van der Waals surface area contributed by atoms with Crippen molar-refractivity contribution >= 4 is 5.91 Å². The Labute approximate surface area is 96.8 Å². The molecule has 0 radical (unpaired) electrons. The minimum Gasteiger partial charge on any atom is -0.342 e. The zero-order chi connectivity index (χ0) is 12.4. The van der Waals surface area contributed by atoms with E-state index in [0.717, 1.165) is 26.1 Å². The van der Waals surface area contributed by atoms with Crippen molar-refractivity contribution in [3.63, 3.8) is 0 Å². The highest BCUT2D eigenvalue weighted by molar-refractivity contribution is 5.78. The summed E-state index contributed by atoms with van der Waals surface area (Å²) in [6.07, 6.45) is 0.784. The van der Waals surface area contributed by atoms with Gasteiger partial charge in [-0.25, -0.2) is 0 Å². The number of nitrogens with zero attached hydrogens (tertiary/aromatic N) is 5. The molecule has 0 aromatic rings. The van der Waals surface area contributed by atoms with Crippen LogP contribution in [0.3, 0.4) is 0 Å². The van der Waals surface area contributed by atoms with E-state index in [1.54, 1.807) is 0 Å². The Morgan fingerprint density at radius 3 is 2.50 bits per heavy atom. The van der Waals surface area contributed by atoms with Gasteiger partial charge in [-0.3, -0.25) is 9.69 Å².